The topological polar surface area (TPSA) is 59.6 Å². The van der Waals surface area contributed by atoms with Crippen LogP contribution in [-0.4, -0.2) is 45.4 Å². The van der Waals surface area contributed by atoms with Crippen LogP contribution in [0.1, 0.15) is 31.2 Å². The molecule has 1 saturated carbocycles. The Bertz CT molecular complexity index is 541. The summed E-state index contributed by atoms with van der Waals surface area (Å²) < 4.78 is 10.9. The van der Waals surface area contributed by atoms with Crippen molar-refractivity contribution in [3.8, 4) is 5.75 Å². The summed E-state index contributed by atoms with van der Waals surface area (Å²) in [7, 11) is 1.69. The Hall–Kier alpha value is -1.30. The highest BCUT2D eigenvalue weighted by Gasteiger charge is 2.37. The van der Waals surface area contributed by atoms with Crippen molar-refractivity contribution in [2.75, 3.05) is 33.4 Å². The maximum atomic E-state index is 12.4. The van der Waals surface area contributed by atoms with Crippen LogP contribution in [0.15, 0.2) is 24.3 Å². The molecule has 2 aliphatic rings. The number of morpholine rings is 1. The van der Waals surface area contributed by atoms with Gasteiger partial charge in [-0.2, -0.15) is 0 Å². The first-order valence-corrected chi connectivity index (χ1v) is 8.48. The zero-order valence-electron chi connectivity index (χ0n) is 14.2. The molecule has 0 radical (unpaired) electrons. The summed E-state index contributed by atoms with van der Waals surface area (Å²) in [6.07, 6.45) is 4.24. The molecule has 134 valence electrons. The van der Waals surface area contributed by atoms with Crippen molar-refractivity contribution in [3.05, 3.63) is 29.8 Å². The van der Waals surface area contributed by atoms with Crippen molar-refractivity contribution in [1.82, 2.24) is 10.6 Å². The van der Waals surface area contributed by atoms with Gasteiger partial charge in [0.1, 0.15) is 11.9 Å². The lowest BCUT2D eigenvalue weighted by Crippen LogP contribution is -2.50. The van der Waals surface area contributed by atoms with Gasteiger partial charge in [0, 0.05) is 25.0 Å². The molecule has 1 amide bonds. The third-order valence-electron chi connectivity index (χ3n) is 5.06. The number of ether oxygens (including phenoxy) is 2. The summed E-state index contributed by atoms with van der Waals surface area (Å²) in [6, 6.07) is 8.26. The third-order valence-corrected chi connectivity index (χ3v) is 5.06. The van der Waals surface area contributed by atoms with E-state index in [-0.39, 0.29) is 29.8 Å². The van der Waals surface area contributed by atoms with E-state index >= 15 is 0 Å². The highest BCUT2D eigenvalue weighted by atomic mass is 35.5. The van der Waals surface area contributed by atoms with Crippen LogP contribution in [0.4, 0.5) is 0 Å². The lowest BCUT2D eigenvalue weighted by molar-refractivity contribution is -0.134. The molecule has 1 heterocycles. The van der Waals surface area contributed by atoms with Gasteiger partial charge in [0.05, 0.1) is 13.7 Å². The van der Waals surface area contributed by atoms with E-state index in [0.717, 1.165) is 25.1 Å². The van der Waals surface area contributed by atoms with Crippen molar-refractivity contribution in [2.24, 2.45) is 0 Å². The Morgan fingerprint density at radius 2 is 2.21 bits per heavy atom. The molecule has 1 unspecified atom stereocenters. The minimum Gasteiger partial charge on any atom is -0.497 e. The van der Waals surface area contributed by atoms with Gasteiger partial charge in [-0.25, -0.2) is 0 Å². The molecule has 24 heavy (non-hydrogen) atoms. The van der Waals surface area contributed by atoms with E-state index in [9.17, 15) is 4.79 Å². The molecule has 0 bridgehead atoms. The van der Waals surface area contributed by atoms with Crippen molar-refractivity contribution in [3.63, 3.8) is 0 Å². The van der Waals surface area contributed by atoms with Gasteiger partial charge in [0.15, 0.2) is 0 Å². The van der Waals surface area contributed by atoms with Gasteiger partial charge in [-0.15, -0.1) is 12.4 Å². The fraction of sp³-hybridized carbons (Fsp3) is 0.611. The molecule has 1 saturated heterocycles. The van der Waals surface area contributed by atoms with E-state index in [2.05, 4.69) is 22.8 Å². The maximum absolute atomic E-state index is 12.4. The van der Waals surface area contributed by atoms with Gasteiger partial charge < -0.3 is 20.1 Å². The van der Waals surface area contributed by atoms with Crippen molar-refractivity contribution >= 4 is 18.3 Å². The summed E-state index contributed by atoms with van der Waals surface area (Å²) in [5.74, 6) is 0.867. The van der Waals surface area contributed by atoms with Crippen LogP contribution < -0.4 is 15.4 Å². The van der Waals surface area contributed by atoms with Gasteiger partial charge in [-0.1, -0.05) is 25.0 Å². The standard InChI is InChI=1S/C18H26N2O3.ClH/c1-22-15-6-4-5-14(11-15)18(7-2-3-8-18)13-20-17(21)16-12-19-9-10-23-16;/h4-6,11,16,19H,2-3,7-10,12-13H2,1H3,(H,20,21);1H. The molecule has 6 heteroatoms. The molecule has 3 rings (SSSR count). The Balaban J connectivity index is 0.00000208. The predicted molar refractivity (Wildman–Crippen MR) is 96.0 cm³/mol. The molecule has 1 atom stereocenters. The van der Waals surface area contributed by atoms with Crippen molar-refractivity contribution in [1.29, 1.82) is 0 Å². The van der Waals surface area contributed by atoms with Crippen LogP contribution in [0.2, 0.25) is 0 Å². The first kappa shape index (κ1) is 19.0. The normalized spacial score (nSPS) is 22.5. The van der Waals surface area contributed by atoms with Crippen LogP contribution in [0, 0.1) is 0 Å². The predicted octanol–water partition coefficient (Wildman–Crippen LogP) is 2.03. The van der Waals surface area contributed by atoms with Crippen LogP contribution in [0.3, 0.4) is 0 Å². The average molecular weight is 355 g/mol. The second-order valence-electron chi connectivity index (χ2n) is 6.50. The number of rotatable bonds is 5. The highest BCUT2D eigenvalue weighted by Crippen LogP contribution is 2.41. The number of benzene rings is 1. The van der Waals surface area contributed by atoms with E-state index in [4.69, 9.17) is 9.47 Å². The second kappa shape index (κ2) is 8.70. The van der Waals surface area contributed by atoms with E-state index in [0.29, 0.717) is 19.7 Å². The third kappa shape index (κ3) is 4.21. The summed E-state index contributed by atoms with van der Waals surface area (Å²) in [5.41, 5.74) is 1.28. The van der Waals surface area contributed by atoms with Crippen LogP contribution in [0.25, 0.3) is 0 Å². The second-order valence-corrected chi connectivity index (χ2v) is 6.50. The zero-order chi connectivity index (χ0) is 16.1. The molecule has 5 nitrogen and oxygen atoms in total. The molecule has 0 spiro atoms. The quantitative estimate of drug-likeness (QED) is 0.849. The van der Waals surface area contributed by atoms with Gasteiger partial charge in [0.25, 0.3) is 0 Å². The van der Waals surface area contributed by atoms with E-state index in [1.807, 2.05) is 12.1 Å². The molecular weight excluding hydrogens is 328 g/mol. The molecule has 1 aromatic rings. The van der Waals surface area contributed by atoms with Gasteiger partial charge >= 0.3 is 0 Å². The smallest absolute Gasteiger partial charge is 0.250 e. The zero-order valence-corrected chi connectivity index (χ0v) is 15.0. The summed E-state index contributed by atoms with van der Waals surface area (Å²) in [4.78, 5) is 12.4. The minimum atomic E-state index is -0.368. The lowest BCUT2D eigenvalue weighted by Gasteiger charge is -2.31. The monoisotopic (exact) mass is 354 g/mol. The SMILES string of the molecule is COc1cccc(C2(CNC(=O)C3CNCCO3)CCCC2)c1.Cl. The fourth-order valence-electron chi connectivity index (χ4n) is 3.68. The van der Waals surface area contributed by atoms with Crippen LogP contribution >= 0.6 is 12.4 Å². The number of hydrogen-bond acceptors (Lipinski definition) is 4. The van der Waals surface area contributed by atoms with Crippen LogP contribution in [0.5, 0.6) is 5.75 Å². The minimum absolute atomic E-state index is 0. The summed E-state index contributed by atoms with van der Waals surface area (Å²) in [6.45, 7) is 2.67. The van der Waals surface area contributed by atoms with Gasteiger partial charge in [0.2, 0.25) is 5.91 Å². The van der Waals surface area contributed by atoms with E-state index in [1.165, 1.54) is 18.4 Å². The fourth-order valence-corrected chi connectivity index (χ4v) is 3.68. The Labute approximate surface area is 149 Å². The first-order valence-electron chi connectivity index (χ1n) is 8.48. The number of carbonyl (C=O) groups excluding carboxylic acids is 1. The lowest BCUT2D eigenvalue weighted by atomic mass is 9.78. The van der Waals surface area contributed by atoms with Crippen LogP contribution in [-0.2, 0) is 14.9 Å². The Kier molecular flexibility index (Phi) is 6.90. The summed E-state index contributed by atoms with van der Waals surface area (Å²) >= 11 is 0. The Morgan fingerprint density at radius 3 is 2.88 bits per heavy atom. The number of amides is 1. The van der Waals surface area contributed by atoms with Gasteiger partial charge in [-0.3, -0.25) is 4.79 Å². The first-order chi connectivity index (χ1) is 11.2. The molecule has 1 aromatic carbocycles. The van der Waals surface area contributed by atoms with Gasteiger partial charge in [-0.05, 0) is 30.5 Å². The number of halogens is 1. The molecule has 1 aliphatic heterocycles. The molecule has 0 aromatic heterocycles. The summed E-state index contributed by atoms with van der Waals surface area (Å²) in [5, 5.41) is 6.32. The van der Waals surface area contributed by atoms with Crippen molar-refractivity contribution in [2.45, 2.75) is 37.2 Å². The molecule has 2 N–H and O–H groups in total. The number of methoxy groups -OCH3 is 1. The maximum Gasteiger partial charge on any atom is 0.250 e. The molecule has 2 fully saturated rings. The largest absolute Gasteiger partial charge is 0.497 e. The van der Waals surface area contributed by atoms with Crippen molar-refractivity contribution < 1.29 is 14.3 Å². The van der Waals surface area contributed by atoms with E-state index in [1.54, 1.807) is 7.11 Å². The Morgan fingerprint density at radius 1 is 1.42 bits per heavy atom. The highest BCUT2D eigenvalue weighted by molar-refractivity contribution is 5.85. The van der Waals surface area contributed by atoms with E-state index < -0.39 is 0 Å². The molecule has 1 aliphatic carbocycles. The molecular formula is C18H27ClN2O3. The number of hydrogen-bond donors (Lipinski definition) is 2. The number of nitrogens with one attached hydrogen (secondary N) is 2. The number of carbonyl (C=O) groups is 1. The average Bonchev–Trinajstić information content (AvgIpc) is 3.11.